The van der Waals surface area contributed by atoms with Gasteiger partial charge in [0.25, 0.3) is 0 Å². The first kappa shape index (κ1) is 11.5. The maximum atomic E-state index is 5.62. The van der Waals surface area contributed by atoms with Gasteiger partial charge in [-0.25, -0.2) is 0 Å². The van der Waals surface area contributed by atoms with E-state index in [-0.39, 0.29) is 0 Å². The smallest absolute Gasteiger partial charge is 0.238 e. The predicted octanol–water partition coefficient (Wildman–Crippen LogP) is 2.30. The average molecular weight is 229 g/mol. The summed E-state index contributed by atoms with van der Waals surface area (Å²) in [5.74, 6) is 1.29. The largest absolute Gasteiger partial charge is 0.438 e. The Bertz CT molecular complexity index is 482. The molecule has 0 saturated carbocycles. The maximum Gasteiger partial charge on any atom is 0.238 e. The minimum atomic E-state index is 0.511. The zero-order valence-electron chi connectivity index (χ0n) is 9.97. The van der Waals surface area contributed by atoms with Crippen molar-refractivity contribution in [2.45, 2.75) is 13.5 Å². The molecule has 17 heavy (non-hydrogen) atoms. The number of nitrogens with one attached hydrogen (secondary N) is 1. The van der Waals surface area contributed by atoms with Crippen LogP contribution in [0.1, 0.15) is 11.3 Å². The predicted molar refractivity (Wildman–Crippen MR) is 66.0 cm³/mol. The van der Waals surface area contributed by atoms with E-state index < -0.39 is 0 Å². The van der Waals surface area contributed by atoms with Crippen molar-refractivity contribution >= 4 is 0 Å². The molecule has 0 spiro atoms. The van der Waals surface area contributed by atoms with Gasteiger partial charge in [-0.05, 0) is 37.7 Å². The van der Waals surface area contributed by atoms with Gasteiger partial charge in [0.05, 0.1) is 5.69 Å². The molecule has 0 aliphatic rings. The topological polar surface area (TPSA) is 47.0 Å². The number of ether oxygens (including phenoxy) is 1. The number of aryl methyl sites for hydroxylation is 1. The second-order valence-electron chi connectivity index (χ2n) is 3.79. The van der Waals surface area contributed by atoms with Crippen LogP contribution in [0, 0.1) is 6.92 Å². The lowest BCUT2D eigenvalue weighted by Gasteiger charge is -2.06. The van der Waals surface area contributed by atoms with Gasteiger partial charge in [-0.15, -0.1) is 5.10 Å². The molecule has 0 saturated heterocycles. The van der Waals surface area contributed by atoms with Crippen molar-refractivity contribution < 1.29 is 4.74 Å². The molecule has 2 rings (SSSR count). The first-order valence-electron chi connectivity index (χ1n) is 5.49. The summed E-state index contributed by atoms with van der Waals surface area (Å²) in [7, 11) is 1.92. The molecule has 1 heterocycles. The first-order valence-corrected chi connectivity index (χ1v) is 5.49. The van der Waals surface area contributed by atoms with E-state index in [4.69, 9.17) is 4.74 Å². The van der Waals surface area contributed by atoms with Crippen LogP contribution in [-0.2, 0) is 6.54 Å². The molecule has 0 radical (unpaired) electrons. The molecule has 4 heteroatoms. The van der Waals surface area contributed by atoms with Crippen LogP contribution in [0.3, 0.4) is 0 Å². The molecule has 0 atom stereocenters. The van der Waals surface area contributed by atoms with E-state index in [0.717, 1.165) is 18.0 Å². The highest BCUT2D eigenvalue weighted by Gasteiger charge is 2.00. The molecule has 4 nitrogen and oxygen atoms in total. The van der Waals surface area contributed by atoms with Gasteiger partial charge in [0.1, 0.15) is 5.75 Å². The summed E-state index contributed by atoms with van der Waals surface area (Å²) in [6.07, 6.45) is 0. The lowest BCUT2D eigenvalue weighted by Crippen LogP contribution is -2.04. The Hall–Kier alpha value is -1.94. The van der Waals surface area contributed by atoms with Crippen LogP contribution in [0.2, 0.25) is 0 Å². The monoisotopic (exact) mass is 229 g/mol. The molecule has 0 fully saturated rings. The Morgan fingerprint density at radius 2 is 2.06 bits per heavy atom. The Morgan fingerprint density at radius 3 is 2.76 bits per heavy atom. The van der Waals surface area contributed by atoms with Crippen molar-refractivity contribution in [2.24, 2.45) is 0 Å². The highest BCUT2D eigenvalue weighted by Crippen LogP contribution is 2.19. The SMILES string of the molecule is CNCc1cccc(Oc2ccc(C)nn2)c1. The average Bonchev–Trinajstić information content (AvgIpc) is 2.33. The van der Waals surface area contributed by atoms with Gasteiger partial charge in [0, 0.05) is 12.6 Å². The molecule has 88 valence electrons. The van der Waals surface area contributed by atoms with Gasteiger partial charge in [0.15, 0.2) is 0 Å². The molecule has 0 unspecified atom stereocenters. The van der Waals surface area contributed by atoms with Crippen LogP contribution in [-0.4, -0.2) is 17.2 Å². The molecule has 0 aliphatic heterocycles. The lowest BCUT2D eigenvalue weighted by atomic mass is 10.2. The molecule has 0 aliphatic carbocycles. The van der Waals surface area contributed by atoms with E-state index in [1.807, 2.05) is 50.4 Å². The van der Waals surface area contributed by atoms with Crippen LogP contribution in [0.15, 0.2) is 36.4 Å². The highest BCUT2D eigenvalue weighted by atomic mass is 16.5. The van der Waals surface area contributed by atoms with E-state index in [9.17, 15) is 0 Å². The van der Waals surface area contributed by atoms with Crippen LogP contribution >= 0.6 is 0 Å². The van der Waals surface area contributed by atoms with Crippen LogP contribution < -0.4 is 10.1 Å². The summed E-state index contributed by atoms with van der Waals surface area (Å²) < 4.78 is 5.62. The van der Waals surface area contributed by atoms with E-state index in [1.54, 1.807) is 0 Å². The Balaban J connectivity index is 2.12. The summed E-state index contributed by atoms with van der Waals surface area (Å²) in [6, 6.07) is 11.6. The number of benzene rings is 1. The summed E-state index contributed by atoms with van der Waals surface area (Å²) in [5, 5.41) is 11.0. The van der Waals surface area contributed by atoms with Gasteiger partial charge in [-0.1, -0.05) is 12.1 Å². The third-order valence-electron chi connectivity index (χ3n) is 2.28. The van der Waals surface area contributed by atoms with Crippen molar-refractivity contribution in [3.63, 3.8) is 0 Å². The zero-order valence-corrected chi connectivity index (χ0v) is 9.97. The Kier molecular flexibility index (Phi) is 3.67. The third kappa shape index (κ3) is 3.26. The van der Waals surface area contributed by atoms with Gasteiger partial charge in [-0.3, -0.25) is 0 Å². The Morgan fingerprint density at radius 1 is 1.18 bits per heavy atom. The molecule has 0 bridgehead atoms. The summed E-state index contributed by atoms with van der Waals surface area (Å²) in [5.41, 5.74) is 2.05. The van der Waals surface area contributed by atoms with Crippen molar-refractivity contribution in [3.05, 3.63) is 47.7 Å². The second kappa shape index (κ2) is 5.41. The van der Waals surface area contributed by atoms with Gasteiger partial charge in [-0.2, -0.15) is 5.10 Å². The summed E-state index contributed by atoms with van der Waals surface area (Å²) in [4.78, 5) is 0. The zero-order chi connectivity index (χ0) is 12.1. The lowest BCUT2D eigenvalue weighted by molar-refractivity contribution is 0.453. The van der Waals surface area contributed by atoms with Crippen molar-refractivity contribution in [1.82, 2.24) is 15.5 Å². The van der Waals surface area contributed by atoms with Gasteiger partial charge >= 0.3 is 0 Å². The quantitative estimate of drug-likeness (QED) is 0.873. The molecule has 1 aromatic carbocycles. The number of rotatable bonds is 4. The second-order valence-corrected chi connectivity index (χ2v) is 3.79. The van der Waals surface area contributed by atoms with E-state index in [1.165, 1.54) is 5.56 Å². The maximum absolute atomic E-state index is 5.62. The van der Waals surface area contributed by atoms with Crippen molar-refractivity contribution in [1.29, 1.82) is 0 Å². The molecule has 2 aromatic rings. The molecule has 0 amide bonds. The molecular weight excluding hydrogens is 214 g/mol. The Labute approximate surface area is 101 Å². The number of hydrogen-bond acceptors (Lipinski definition) is 4. The van der Waals surface area contributed by atoms with Gasteiger partial charge in [0.2, 0.25) is 5.88 Å². The number of hydrogen-bond donors (Lipinski definition) is 1. The molecule has 1 aromatic heterocycles. The number of aromatic nitrogens is 2. The minimum absolute atomic E-state index is 0.511. The fourth-order valence-electron chi connectivity index (χ4n) is 1.48. The van der Waals surface area contributed by atoms with Crippen LogP contribution in [0.4, 0.5) is 0 Å². The third-order valence-corrected chi connectivity index (χ3v) is 2.28. The van der Waals surface area contributed by atoms with Crippen LogP contribution in [0.25, 0.3) is 0 Å². The molecular formula is C13H15N3O. The summed E-state index contributed by atoms with van der Waals surface area (Å²) >= 11 is 0. The normalized spacial score (nSPS) is 10.2. The fraction of sp³-hybridized carbons (Fsp3) is 0.231. The van der Waals surface area contributed by atoms with E-state index in [0.29, 0.717) is 5.88 Å². The van der Waals surface area contributed by atoms with Gasteiger partial charge < -0.3 is 10.1 Å². The van der Waals surface area contributed by atoms with Crippen molar-refractivity contribution in [3.8, 4) is 11.6 Å². The number of nitrogens with zero attached hydrogens (tertiary/aromatic N) is 2. The van der Waals surface area contributed by atoms with Crippen molar-refractivity contribution in [2.75, 3.05) is 7.05 Å². The van der Waals surface area contributed by atoms with Crippen LogP contribution in [0.5, 0.6) is 11.6 Å². The summed E-state index contributed by atoms with van der Waals surface area (Å²) in [6.45, 7) is 2.71. The fourth-order valence-corrected chi connectivity index (χ4v) is 1.48. The minimum Gasteiger partial charge on any atom is -0.438 e. The van der Waals surface area contributed by atoms with E-state index in [2.05, 4.69) is 15.5 Å². The first-order chi connectivity index (χ1) is 8.28. The van der Waals surface area contributed by atoms with E-state index >= 15 is 0 Å². The highest BCUT2D eigenvalue weighted by molar-refractivity contribution is 5.31. The molecule has 1 N–H and O–H groups in total. The standard InChI is InChI=1S/C13H15N3O/c1-10-6-7-13(16-15-10)17-12-5-3-4-11(8-12)9-14-2/h3-8,14H,9H2,1-2H3.